The first-order valence-corrected chi connectivity index (χ1v) is 6.04. The standard InChI is InChI=1S/C14H19NO3/c1-4-7-15(9-13(16)17)14(18)12-6-5-10(2)11(3)8-12/h5-6,8H,4,7,9H2,1-3H3,(H,16,17). The van der Waals surface area contributed by atoms with Gasteiger partial charge in [0.25, 0.3) is 5.91 Å². The predicted octanol–water partition coefficient (Wildman–Crippen LogP) is 2.24. The molecule has 0 fully saturated rings. The fraction of sp³-hybridized carbons (Fsp3) is 0.429. The minimum absolute atomic E-state index is 0.220. The smallest absolute Gasteiger partial charge is 0.323 e. The van der Waals surface area contributed by atoms with Crippen molar-refractivity contribution in [3.8, 4) is 0 Å². The Labute approximate surface area is 107 Å². The quantitative estimate of drug-likeness (QED) is 0.870. The van der Waals surface area contributed by atoms with E-state index in [-0.39, 0.29) is 12.5 Å². The molecule has 4 heteroatoms. The highest BCUT2D eigenvalue weighted by Gasteiger charge is 2.17. The lowest BCUT2D eigenvalue weighted by molar-refractivity contribution is -0.137. The maximum atomic E-state index is 12.2. The van der Waals surface area contributed by atoms with Crippen molar-refractivity contribution in [3.05, 3.63) is 34.9 Å². The number of hydrogen-bond acceptors (Lipinski definition) is 2. The van der Waals surface area contributed by atoms with Gasteiger partial charge in [0.1, 0.15) is 6.54 Å². The van der Waals surface area contributed by atoms with E-state index in [4.69, 9.17) is 5.11 Å². The molecule has 98 valence electrons. The van der Waals surface area contributed by atoms with Crippen LogP contribution in [0.4, 0.5) is 0 Å². The van der Waals surface area contributed by atoms with E-state index in [0.29, 0.717) is 12.1 Å². The summed E-state index contributed by atoms with van der Waals surface area (Å²) in [5, 5.41) is 8.81. The molecule has 1 aromatic carbocycles. The molecule has 0 heterocycles. The normalized spacial score (nSPS) is 10.2. The molecule has 0 aromatic heterocycles. The van der Waals surface area contributed by atoms with Gasteiger partial charge in [-0.2, -0.15) is 0 Å². The molecule has 1 aromatic rings. The third kappa shape index (κ3) is 3.58. The minimum atomic E-state index is -0.986. The number of carboxylic acid groups (broad SMARTS) is 1. The van der Waals surface area contributed by atoms with Crippen LogP contribution in [0.3, 0.4) is 0 Å². The summed E-state index contributed by atoms with van der Waals surface area (Å²) in [5.74, 6) is -1.21. The zero-order valence-corrected chi connectivity index (χ0v) is 11.1. The molecule has 4 nitrogen and oxygen atoms in total. The number of carbonyl (C=O) groups is 2. The number of carbonyl (C=O) groups excluding carboxylic acids is 1. The van der Waals surface area contributed by atoms with E-state index in [1.165, 1.54) is 4.90 Å². The van der Waals surface area contributed by atoms with E-state index in [9.17, 15) is 9.59 Å². The lowest BCUT2D eigenvalue weighted by Crippen LogP contribution is -2.36. The summed E-state index contributed by atoms with van der Waals surface area (Å²) in [6.07, 6.45) is 0.740. The zero-order chi connectivity index (χ0) is 13.7. The van der Waals surface area contributed by atoms with E-state index in [1.54, 1.807) is 6.07 Å². The summed E-state index contributed by atoms with van der Waals surface area (Å²) in [4.78, 5) is 24.3. The van der Waals surface area contributed by atoms with Crippen molar-refractivity contribution in [2.24, 2.45) is 0 Å². The zero-order valence-electron chi connectivity index (χ0n) is 11.1. The maximum Gasteiger partial charge on any atom is 0.323 e. The monoisotopic (exact) mass is 249 g/mol. The van der Waals surface area contributed by atoms with Crippen molar-refractivity contribution >= 4 is 11.9 Å². The number of amides is 1. The number of rotatable bonds is 5. The van der Waals surface area contributed by atoms with Gasteiger partial charge in [-0.25, -0.2) is 0 Å². The van der Waals surface area contributed by atoms with Crippen LogP contribution in [0, 0.1) is 13.8 Å². The van der Waals surface area contributed by atoms with Crippen LogP contribution < -0.4 is 0 Å². The Morgan fingerprint density at radius 3 is 2.39 bits per heavy atom. The van der Waals surface area contributed by atoms with Crippen LogP contribution in [0.2, 0.25) is 0 Å². The van der Waals surface area contributed by atoms with Crippen molar-refractivity contribution in [3.63, 3.8) is 0 Å². The average Bonchev–Trinajstić information content (AvgIpc) is 2.31. The number of hydrogen-bond donors (Lipinski definition) is 1. The summed E-state index contributed by atoms with van der Waals surface area (Å²) < 4.78 is 0. The molecule has 1 N–H and O–H groups in total. The first-order chi connectivity index (χ1) is 8.45. The Morgan fingerprint density at radius 1 is 1.22 bits per heavy atom. The van der Waals surface area contributed by atoms with Gasteiger partial charge in [-0.1, -0.05) is 13.0 Å². The van der Waals surface area contributed by atoms with E-state index >= 15 is 0 Å². The van der Waals surface area contributed by atoms with Gasteiger partial charge in [-0.3, -0.25) is 9.59 Å². The van der Waals surface area contributed by atoms with Crippen LogP contribution in [0.15, 0.2) is 18.2 Å². The van der Waals surface area contributed by atoms with Gasteiger partial charge in [0.05, 0.1) is 0 Å². The van der Waals surface area contributed by atoms with E-state index in [0.717, 1.165) is 17.5 Å². The molecule has 1 rings (SSSR count). The highest BCUT2D eigenvalue weighted by atomic mass is 16.4. The molecule has 0 aliphatic heterocycles. The summed E-state index contributed by atoms with van der Waals surface area (Å²) in [6.45, 7) is 6.04. The molecular weight excluding hydrogens is 230 g/mol. The van der Waals surface area contributed by atoms with Gasteiger partial charge in [0.15, 0.2) is 0 Å². The lowest BCUT2D eigenvalue weighted by atomic mass is 10.1. The Balaban J connectivity index is 2.93. The SMILES string of the molecule is CCCN(CC(=O)O)C(=O)c1ccc(C)c(C)c1. The van der Waals surface area contributed by atoms with Crippen molar-refractivity contribution in [2.45, 2.75) is 27.2 Å². The largest absolute Gasteiger partial charge is 0.480 e. The number of benzene rings is 1. The highest BCUT2D eigenvalue weighted by Crippen LogP contribution is 2.12. The molecule has 1 amide bonds. The summed E-state index contributed by atoms with van der Waals surface area (Å²) in [5.41, 5.74) is 2.70. The van der Waals surface area contributed by atoms with Crippen molar-refractivity contribution < 1.29 is 14.7 Å². The van der Waals surface area contributed by atoms with Gasteiger partial charge in [0.2, 0.25) is 0 Å². The van der Waals surface area contributed by atoms with Crippen LogP contribution in [-0.2, 0) is 4.79 Å². The third-order valence-electron chi connectivity index (χ3n) is 2.86. The number of aliphatic carboxylic acids is 1. The number of carboxylic acids is 1. The van der Waals surface area contributed by atoms with Crippen LogP contribution >= 0.6 is 0 Å². The Bertz CT molecular complexity index is 454. The van der Waals surface area contributed by atoms with Gasteiger partial charge in [-0.05, 0) is 43.5 Å². The highest BCUT2D eigenvalue weighted by molar-refractivity contribution is 5.96. The van der Waals surface area contributed by atoms with Gasteiger partial charge in [0, 0.05) is 12.1 Å². The molecule has 18 heavy (non-hydrogen) atoms. The van der Waals surface area contributed by atoms with E-state index in [2.05, 4.69) is 0 Å². The second-order valence-corrected chi connectivity index (χ2v) is 4.42. The fourth-order valence-corrected chi connectivity index (χ4v) is 1.74. The molecule has 0 saturated heterocycles. The Morgan fingerprint density at radius 2 is 1.89 bits per heavy atom. The third-order valence-corrected chi connectivity index (χ3v) is 2.86. The van der Waals surface area contributed by atoms with Crippen molar-refractivity contribution in [1.29, 1.82) is 0 Å². The minimum Gasteiger partial charge on any atom is -0.480 e. The average molecular weight is 249 g/mol. The first-order valence-electron chi connectivity index (χ1n) is 6.04. The second kappa shape index (κ2) is 6.19. The van der Waals surface area contributed by atoms with Crippen LogP contribution in [0.5, 0.6) is 0 Å². The predicted molar refractivity (Wildman–Crippen MR) is 69.7 cm³/mol. The van der Waals surface area contributed by atoms with E-state index < -0.39 is 5.97 Å². The molecule has 0 bridgehead atoms. The second-order valence-electron chi connectivity index (χ2n) is 4.42. The summed E-state index contributed by atoms with van der Waals surface area (Å²) in [7, 11) is 0. The molecule has 0 unspecified atom stereocenters. The van der Waals surface area contributed by atoms with Gasteiger partial charge in [-0.15, -0.1) is 0 Å². The van der Waals surface area contributed by atoms with Gasteiger partial charge < -0.3 is 10.0 Å². The number of nitrogens with zero attached hydrogens (tertiary/aromatic N) is 1. The van der Waals surface area contributed by atoms with Crippen molar-refractivity contribution in [2.75, 3.05) is 13.1 Å². The topological polar surface area (TPSA) is 57.6 Å². The molecule has 0 aliphatic carbocycles. The van der Waals surface area contributed by atoms with Gasteiger partial charge >= 0.3 is 5.97 Å². The van der Waals surface area contributed by atoms with Crippen molar-refractivity contribution in [1.82, 2.24) is 4.90 Å². The van der Waals surface area contributed by atoms with E-state index in [1.807, 2.05) is 32.9 Å². The molecule has 0 saturated carbocycles. The van der Waals surface area contributed by atoms with Crippen LogP contribution in [-0.4, -0.2) is 35.0 Å². The summed E-state index contributed by atoms with van der Waals surface area (Å²) in [6, 6.07) is 5.44. The Hall–Kier alpha value is -1.84. The summed E-state index contributed by atoms with van der Waals surface area (Å²) >= 11 is 0. The van der Waals surface area contributed by atoms with Crippen LogP contribution in [0.25, 0.3) is 0 Å². The fourth-order valence-electron chi connectivity index (χ4n) is 1.74. The molecule has 0 spiro atoms. The first kappa shape index (κ1) is 14.2. The molecule has 0 atom stereocenters. The molecule has 0 aliphatic rings. The number of aryl methyl sites for hydroxylation is 2. The Kier molecular flexibility index (Phi) is 4.89. The maximum absolute atomic E-state index is 12.2. The molecular formula is C14H19NO3. The van der Waals surface area contributed by atoms with Crippen LogP contribution in [0.1, 0.15) is 34.8 Å². The molecule has 0 radical (unpaired) electrons. The lowest BCUT2D eigenvalue weighted by Gasteiger charge is -2.20.